The Balaban J connectivity index is 1.66. The van der Waals surface area contributed by atoms with Crippen molar-refractivity contribution in [2.45, 2.75) is 26.3 Å². The van der Waals surface area contributed by atoms with Crippen molar-refractivity contribution < 1.29 is 4.79 Å². The third-order valence-electron chi connectivity index (χ3n) is 3.39. The summed E-state index contributed by atoms with van der Waals surface area (Å²) in [7, 11) is 0. The zero-order chi connectivity index (χ0) is 16.9. The van der Waals surface area contributed by atoms with Gasteiger partial charge in [-0.1, -0.05) is 18.3 Å². The second kappa shape index (κ2) is 7.22. The summed E-state index contributed by atoms with van der Waals surface area (Å²) in [6.45, 7) is 4.50. The lowest BCUT2D eigenvalue weighted by Gasteiger charge is -2.06. The van der Waals surface area contributed by atoms with Gasteiger partial charge in [-0.3, -0.25) is 9.78 Å². The standard InChI is InChI=1S/C16H16N6OS/c1-10(2)14-13(24-22-21-14)9-20-16(23)12-7-18-15(19-8-12)11-3-5-17-6-4-11/h3-8,10H,9H2,1-2H3,(H,20,23). The van der Waals surface area contributed by atoms with E-state index in [2.05, 4.69) is 29.9 Å². The first-order chi connectivity index (χ1) is 11.6. The smallest absolute Gasteiger partial charge is 0.254 e. The highest BCUT2D eigenvalue weighted by Crippen LogP contribution is 2.19. The number of rotatable bonds is 5. The molecule has 0 bridgehead atoms. The maximum atomic E-state index is 12.2. The molecule has 1 N–H and O–H groups in total. The number of hydrogen-bond acceptors (Lipinski definition) is 7. The number of nitrogens with one attached hydrogen (secondary N) is 1. The maximum Gasteiger partial charge on any atom is 0.254 e. The van der Waals surface area contributed by atoms with E-state index in [0.29, 0.717) is 17.9 Å². The molecule has 0 saturated carbocycles. The molecule has 8 heteroatoms. The van der Waals surface area contributed by atoms with Crippen LogP contribution < -0.4 is 5.32 Å². The Kier molecular flexibility index (Phi) is 4.85. The van der Waals surface area contributed by atoms with Gasteiger partial charge in [-0.05, 0) is 29.6 Å². The van der Waals surface area contributed by atoms with E-state index in [1.54, 1.807) is 12.4 Å². The molecule has 0 aliphatic carbocycles. The molecule has 3 aromatic rings. The van der Waals surface area contributed by atoms with Gasteiger partial charge in [0.2, 0.25) is 0 Å². The number of hydrogen-bond donors (Lipinski definition) is 1. The highest BCUT2D eigenvalue weighted by molar-refractivity contribution is 7.05. The number of nitrogens with zero attached hydrogens (tertiary/aromatic N) is 5. The Morgan fingerprint density at radius 1 is 1.21 bits per heavy atom. The fourth-order valence-corrected chi connectivity index (χ4v) is 2.87. The van der Waals surface area contributed by atoms with Crippen LogP contribution >= 0.6 is 11.5 Å². The summed E-state index contributed by atoms with van der Waals surface area (Å²) in [5.41, 5.74) is 2.19. The zero-order valence-corrected chi connectivity index (χ0v) is 14.1. The van der Waals surface area contributed by atoms with Crippen molar-refractivity contribution in [3.05, 3.63) is 53.1 Å². The first-order valence-electron chi connectivity index (χ1n) is 7.47. The summed E-state index contributed by atoms with van der Waals surface area (Å²) in [6.07, 6.45) is 6.39. The number of carbonyl (C=O) groups excluding carboxylic acids is 1. The summed E-state index contributed by atoms with van der Waals surface area (Å²) in [6, 6.07) is 3.64. The molecule has 0 fully saturated rings. The number of carbonyl (C=O) groups is 1. The van der Waals surface area contributed by atoms with E-state index in [4.69, 9.17) is 0 Å². The first-order valence-corrected chi connectivity index (χ1v) is 8.24. The Labute approximate surface area is 143 Å². The molecular formula is C16H16N6OS. The molecule has 0 aromatic carbocycles. The topological polar surface area (TPSA) is 93.6 Å². The van der Waals surface area contributed by atoms with E-state index in [1.165, 1.54) is 23.9 Å². The molecule has 0 spiro atoms. The molecule has 0 aliphatic heterocycles. The molecule has 122 valence electrons. The lowest BCUT2D eigenvalue weighted by Crippen LogP contribution is -2.23. The molecule has 1 amide bonds. The summed E-state index contributed by atoms with van der Waals surface area (Å²) < 4.78 is 3.95. The number of amides is 1. The number of pyridine rings is 1. The van der Waals surface area contributed by atoms with E-state index in [0.717, 1.165) is 16.1 Å². The van der Waals surface area contributed by atoms with Crippen molar-refractivity contribution in [2.75, 3.05) is 0 Å². The minimum absolute atomic E-state index is 0.223. The maximum absolute atomic E-state index is 12.2. The molecule has 0 unspecified atom stereocenters. The van der Waals surface area contributed by atoms with Gasteiger partial charge in [0.05, 0.1) is 22.7 Å². The highest BCUT2D eigenvalue weighted by Gasteiger charge is 2.14. The predicted octanol–water partition coefficient (Wildman–Crippen LogP) is 2.44. The van der Waals surface area contributed by atoms with Crippen molar-refractivity contribution in [3.8, 4) is 11.4 Å². The number of aromatic nitrogens is 5. The average Bonchev–Trinajstić information content (AvgIpc) is 3.09. The molecular weight excluding hydrogens is 324 g/mol. The lowest BCUT2D eigenvalue weighted by molar-refractivity contribution is 0.0950. The third kappa shape index (κ3) is 3.60. The average molecular weight is 340 g/mol. The fourth-order valence-electron chi connectivity index (χ4n) is 2.13. The SMILES string of the molecule is CC(C)c1nnsc1CNC(=O)c1cnc(-c2ccncc2)nc1. The molecule has 3 heterocycles. The van der Waals surface area contributed by atoms with Crippen LogP contribution in [0.2, 0.25) is 0 Å². The fraction of sp³-hybridized carbons (Fsp3) is 0.250. The van der Waals surface area contributed by atoms with Crippen LogP contribution in [0.5, 0.6) is 0 Å². The Hall–Kier alpha value is -2.74. The van der Waals surface area contributed by atoms with Gasteiger partial charge in [-0.15, -0.1) is 5.10 Å². The highest BCUT2D eigenvalue weighted by atomic mass is 32.1. The van der Waals surface area contributed by atoms with Crippen LogP contribution in [0.4, 0.5) is 0 Å². The van der Waals surface area contributed by atoms with Gasteiger partial charge in [0.1, 0.15) is 0 Å². The summed E-state index contributed by atoms with van der Waals surface area (Å²) in [5.74, 6) is 0.612. The largest absolute Gasteiger partial charge is 0.347 e. The van der Waals surface area contributed by atoms with E-state index < -0.39 is 0 Å². The molecule has 3 rings (SSSR count). The van der Waals surface area contributed by atoms with Gasteiger partial charge < -0.3 is 5.32 Å². The van der Waals surface area contributed by atoms with Crippen molar-refractivity contribution in [1.82, 2.24) is 29.9 Å². The van der Waals surface area contributed by atoms with Gasteiger partial charge in [-0.25, -0.2) is 9.97 Å². The van der Waals surface area contributed by atoms with Crippen LogP contribution in [0.3, 0.4) is 0 Å². The second-order valence-corrected chi connectivity index (χ2v) is 6.29. The molecule has 0 atom stereocenters. The predicted molar refractivity (Wildman–Crippen MR) is 90.4 cm³/mol. The Morgan fingerprint density at radius 3 is 2.58 bits per heavy atom. The first kappa shape index (κ1) is 16.1. The van der Waals surface area contributed by atoms with Crippen molar-refractivity contribution in [1.29, 1.82) is 0 Å². The Bertz CT molecular complexity index is 816. The van der Waals surface area contributed by atoms with Gasteiger partial charge in [0.15, 0.2) is 5.82 Å². The van der Waals surface area contributed by atoms with E-state index in [9.17, 15) is 4.79 Å². The molecule has 0 aliphatic rings. The minimum atomic E-state index is -0.223. The monoisotopic (exact) mass is 340 g/mol. The van der Waals surface area contributed by atoms with Crippen LogP contribution in [0.1, 0.15) is 40.7 Å². The normalized spacial score (nSPS) is 10.8. The second-order valence-electron chi connectivity index (χ2n) is 5.45. The molecule has 0 saturated heterocycles. The van der Waals surface area contributed by atoms with Gasteiger partial charge in [-0.2, -0.15) is 0 Å². The van der Waals surface area contributed by atoms with E-state index in [1.807, 2.05) is 26.0 Å². The van der Waals surface area contributed by atoms with Crippen molar-refractivity contribution in [3.63, 3.8) is 0 Å². The third-order valence-corrected chi connectivity index (χ3v) is 4.13. The molecule has 3 aromatic heterocycles. The quantitative estimate of drug-likeness (QED) is 0.767. The summed E-state index contributed by atoms with van der Waals surface area (Å²) in [5, 5.41) is 6.96. The van der Waals surface area contributed by atoms with Crippen LogP contribution in [0.25, 0.3) is 11.4 Å². The minimum Gasteiger partial charge on any atom is -0.347 e. The molecule has 0 radical (unpaired) electrons. The van der Waals surface area contributed by atoms with E-state index in [-0.39, 0.29) is 11.8 Å². The lowest BCUT2D eigenvalue weighted by atomic mass is 10.1. The van der Waals surface area contributed by atoms with Crippen LogP contribution in [0, 0.1) is 0 Å². The van der Waals surface area contributed by atoms with Crippen LogP contribution in [-0.2, 0) is 6.54 Å². The van der Waals surface area contributed by atoms with Crippen LogP contribution in [0.15, 0.2) is 36.9 Å². The molecule has 24 heavy (non-hydrogen) atoms. The van der Waals surface area contributed by atoms with E-state index >= 15 is 0 Å². The van der Waals surface area contributed by atoms with Gasteiger partial charge in [0.25, 0.3) is 5.91 Å². The van der Waals surface area contributed by atoms with Gasteiger partial charge >= 0.3 is 0 Å². The van der Waals surface area contributed by atoms with Crippen LogP contribution in [-0.4, -0.2) is 30.4 Å². The van der Waals surface area contributed by atoms with Crippen molar-refractivity contribution >= 4 is 17.4 Å². The summed E-state index contributed by atoms with van der Waals surface area (Å²) >= 11 is 1.30. The van der Waals surface area contributed by atoms with Gasteiger partial charge in [0, 0.05) is 30.4 Å². The summed E-state index contributed by atoms with van der Waals surface area (Å²) in [4.78, 5) is 25.6. The molecule has 7 nitrogen and oxygen atoms in total. The zero-order valence-electron chi connectivity index (χ0n) is 13.3. The van der Waals surface area contributed by atoms with Crippen molar-refractivity contribution in [2.24, 2.45) is 0 Å². The Morgan fingerprint density at radius 2 is 1.92 bits per heavy atom.